The van der Waals surface area contributed by atoms with Gasteiger partial charge in [-0.15, -0.1) is 0 Å². The van der Waals surface area contributed by atoms with Crippen LogP contribution in [0.15, 0.2) is 46.0 Å². The Balaban J connectivity index is 2.16. The maximum absolute atomic E-state index is 13.2. The van der Waals surface area contributed by atoms with Crippen LogP contribution >= 0.6 is 15.9 Å². The molecule has 1 amide bonds. The van der Waals surface area contributed by atoms with E-state index in [1.54, 1.807) is 24.3 Å². The molecule has 0 radical (unpaired) electrons. The van der Waals surface area contributed by atoms with E-state index < -0.39 is 0 Å². The van der Waals surface area contributed by atoms with Crippen molar-refractivity contribution in [1.82, 2.24) is 5.43 Å². The van der Waals surface area contributed by atoms with Crippen LogP contribution in [0.5, 0.6) is 11.5 Å². The molecule has 5 nitrogen and oxygen atoms in total. The first-order chi connectivity index (χ1) is 11.5. The topological polar surface area (TPSA) is 59.9 Å². The lowest BCUT2D eigenvalue weighted by Crippen LogP contribution is -2.12. The van der Waals surface area contributed by atoms with Gasteiger partial charge in [0.05, 0.1) is 13.3 Å². The minimum absolute atomic E-state index is 0.208. The molecule has 24 heavy (non-hydrogen) atoms. The predicted octanol–water partition coefficient (Wildman–Crippen LogP) is 3.65. The van der Waals surface area contributed by atoms with E-state index in [9.17, 15) is 9.18 Å². The fraction of sp³-hybridized carbons (Fsp3) is 0.176. The molecule has 2 aromatic carbocycles. The Labute approximate surface area is 147 Å². The van der Waals surface area contributed by atoms with Crippen LogP contribution in [-0.2, 0) is 11.4 Å². The number of nitrogens with zero attached hydrogens (tertiary/aromatic N) is 1. The highest BCUT2D eigenvalue weighted by molar-refractivity contribution is 9.10. The zero-order valence-electron chi connectivity index (χ0n) is 13.2. The van der Waals surface area contributed by atoms with Crippen molar-refractivity contribution in [2.45, 2.75) is 13.5 Å². The van der Waals surface area contributed by atoms with Crippen LogP contribution in [0.25, 0.3) is 0 Å². The van der Waals surface area contributed by atoms with Crippen molar-refractivity contribution in [1.29, 1.82) is 0 Å². The number of amides is 1. The van der Waals surface area contributed by atoms with Gasteiger partial charge in [-0.2, -0.15) is 5.10 Å². The maximum atomic E-state index is 13.2. The molecule has 0 unspecified atom stereocenters. The molecule has 0 saturated carbocycles. The van der Waals surface area contributed by atoms with E-state index >= 15 is 0 Å². The summed E-state index contributed by atoms with van der Waals surface area (Å²) in [5.41, 5.74) is 3.75. The molecule has 0 saturated heterocycles. The smallest absolute Gasteiger partial charge is 0.236 e. The monoisotopic (exact) mass is 394 g/mol. The van der Waals surface area contributed by atoms with Crippen molar-refractivity contribution in [3.8, 4) is 11.5 Å². The normalized spacial score (nSPS) is 10.7. The summed E-state index contributed by atoms with van der Waals surface area (Å²) < 4.78 is 24.9. The second-order valence-corrected chi connectivity index (χ2v) is 5.72. The van der Waals surface area contributed by atoms with Gasteiger partial charge < -0.3 is 9.47 Å². The van der Waals surface area contributed by atoms with Crippen molar-refractivity contribution >= 4 is 28.1 Å². The lowest BCUT2D eigenvalue weighted by molar-refractivity contribution is -0.118. The first-order valence-corrected chi connectivity index (χ1v) is 7.83. The molecule has 7 heteroatoms. The lowest BCUT2D eigenvalue weighted by Gasteiger charge is -2.12. The zero-order valence-corrected chi connectivity index (χ0v) is 14.8. The van der Waals surface area contributed by atoms with E-state index in [1.165, 1.54) is 32.4 Å². The van der Waals surface area contributed by atoms with Crippen molar-refractivity contribution in [3.05, 3.63) is 57.8 Å². The van der Waals surface area contributed by atoms with Gasteiger partial charge >= 0.3 is 0 Å². The molecule has 0 aliphatic carbocycles. The van der Waals surface area contributed by atoms with Crippen molar-refractivity contribution in [3.63, 3.8) is 0 Å². The van der Waals surface area contributed by atoms with Gasteiger partial charge in [0.2, 0.25) is 5.91 Å². The number of carbonyl (C=O) groups is 1. The fourth-order valence-corrected chi connectivity index (χ4v) is 2.33. The third-order valence-corrected chi connectivity index (χ3v) is 3.68. The highest BCUT2D eigenvalue weighted by Gasteiger charge is 2.10. The number of benzene rings is 2. The average molecular weight is 395 g/mol. The fourth-order valence-electron chi connectivity index (χ4n) is 1.90. The van der Waals surface area contributed by atoms with Crippen LogP contribution in [-0.4, -0.2) is 19.2 Å². The summed E-state index contributed by atoms with van der Waals surface area (Å²) in [7, 11) is 1.52. The average Bonchev–Trinajstić information content (AvgIpc) is 2.54. The van der Waals surface area contributed by atoms with E-state index in [1.807, 2.05) is 0 Å². The summed E-state index contributed by atoms with van der Waals surface area (Å²) >= 11 is 3.42. The highest BCUT2D eigenvalue weighted by Crippen LogP contribution is 2.33. The Morgan fingerprint density at radius 2 is 2.12 bits per heavy atom. The zero-order chi connectivity index (χ0) is 17.5. The van der Waals surface area contributed by atoms with E-state index in [-0.39, 0.29) is 18.3 Å². The van der Waals surface area contributed by atoms with E-state index in [0.717, 1.165) is 0 Å². The SMILES string of the molecule is COc1cc(/C=N\NC(C)=O)c(Br)cc1OCc1cccc(F)c1. The second-order valence-electron chi connectivity index (χ2n) is 4.87. The molecule has 0 fully saturated rings. The van der Waals surface area contributed by atoms with Crippen molar-refractivity contribution < 1.29 is 18.7 Å². The Hall–Kier alpha value is -2.41. The molecule has 0 aliphatic heterocycles. The Morgan fingerprint density at radius 3 is 2.79 bits per heavy atom. The highest BCUT2D eigenvalue weighted by atomic mass is 79.9. The first kappa shape index (κ1) is 17.9. The van der Waals surface area contributed by atoms with Crippen LogP contribution in [0.3, 0.4) is 0 Å². The molecule has 0 heterocycles. The standard InChI is InChI=1S/C17H16BrFN2O3/c1-11(22)21-20-9-13-7-16(23-2)17(8-15(13)18)24-10-12-4-3-5-14(19)6-12/h3-9H,10H2,1-2H3,(H,21,22)/b20-9-. The Bertz CT molecular complexity index is 765. The maximum Gasteiger partial charge on any atom is 0.236 e. The van der Waals surface area contributed by atoms with Gasteiger partial charge in [0, 0.05) is 17.0 Å². The number of rotatable bonds is 6. The number of ether oxygens (including phenoxy) is 2. The number of hydrogen-bond acceptors (Lipinski definition) is 4. The minimum Gasteiger partial charge on any atom is -0.493 e. The van der Waals surface area contributed by atoms with Crippen molar-refractivity contribution in [2.75, 3.05) is 7.11 Å². The molecule has 0 atom stereocenters. The van der Waals surface area contributed by atoms with Crippen LogP contribution in [0, 0.1) is 5.82 Å². The molecule has 0 aromatic heterocycles. The summed E-state index contributed by atoms with van der Waals surface area (Å²) in [6.07, 6.45) is 1.49. The number of halogens is 2. The lowest BCUT2D eigenvalue weighted by atomic mass is 10.2. The third kappa shape index (κ3) is 5.06. The quantitative estimate of drug-likeness (QED) is 0.600. The number of carbonyl (C=O) groups excluding carboxylic acids is 1. The summed E-state index contributed by atoms with van der Waals surface area (Å²) in [6, 6.07) is 9.64. The first-order valence-electron chi connectivity index (χ1n) is 7.04. The van der Waals surface area contributed by atoms with Gasteiger partial charge in [0.1, 0.15) is 12.4 Å². The van der Waals surface area contributed by atoms with E-state index in [0.29, 0.717) is 27.1 Å². The molecule has 126 valence electrons. The minimum atomic E-state index is -0.311. The van der Waals surface area contributed by atoms with Crippen molar-refractivity contribution in [2.24, 2.45) is 5.10 Å². The van der Waals surface area contributed by atoms with E-state index in [2.05, 4.69) is 26.5 Å². The van der Waals surface area contributed by atoms with E-state index in [4.69, 9.17) is 9.47 Å². The van der Waals surface area contributed by atoms with Crippen LogP contribution in [0.1, 0.15) is 18.1 Å². The van der Waals surface area contributed by atoms with Gasteiger partial charge in [0.25, 0.3) is 0 Å². The van der Waals surface area contributed by atoms with Crippen LogP contribution in [0.2, 0.25) is 0 Å². The summed E-state index contributed by atoms with van der Waals surface area (Å²) in [6.45, 7) is 1.58. The summed E-state index contributed by atoms with van der Waals surface area (Å²) in [4.78, 5) is 10.8. The van der Waals surface area contributed by atoms with Gasteiger partial charge in [-0.3, -0.25) is 4.79 Å². The molecule has 0 bridgehead atoms. The van der Waals surface area contributed by atoms with Gasteiger partial charge in [-0.1, -0.05) is 12.1 Å². The van der Waals surface area contributed by atoms with Crippen LogP contribution < -0.4 is 14.9 Å². The number of hydrazone groups is 1. The molecule has 1 N–H and O–H groups in total. The van der Waals surface area contributed by atoms with Gasteiger partial charge in [-0.25, -0.2) is 9.82 Å². The molecular weight excluding hydrogens is 379 g/mol. The van der Waals surface area contributed by atoms with Gasteiger partial charge in [-0.05, 0) is 45.8 Å². The molecule has 2 rings (SSSR count). The third-order valence-electron chi connectivity index (χ3n) is 2.99. The second kappa shape index (κ2) is 8.44. The number of nitrogens with one attached hydrogen (secondary N) is 1. The Kier molecular flexibility index (Phi) is 6.31. The number of hydrogen-bond donors (Lipinski definition) is 1. The van der Waals surface area contributed by atoms with Crippen LogP contribution in [0.4, 0.5) is 4.39 Å². The molecule has 0 spiro atoms. The number of methoxy groups -OCH3 is 1. The summed E-state index contributed by atoms with van der Waals surface area (Å²) in [5, 5.41) is 3.82. The predicted molar refractivity (Wildman–Crippen MR) is 92.8 cm³/mol. The van der Waals surface area contributed by atoms with Gasteiger partial charge in [0.15, 0.2) is 11.5 Å². The molecular formula is C17H16BrFN2O3. The Morgan fingerprint density at radius 1 is 1.33 bits per heavy atom. The molecule has 0 aliphatic rings. The molecule has 2 aromatic rings. The largest absolute Gasteiger partial charge is 0.493 e. The summed E-state index contributed by atoms with van der Waals surface area (Å²) in [5.74, 6) is 0.433.